The molecule has 2 atom stereocenters. The second-order valence-electron chi connectivity index (χ2n) is 6.79. The van der Waals surface area contributed by atoms with Crippen molar-refractivity contribution in [2.75, 3.05) is 37.7 Å². The Hall–Kier alpha value is -0.180. The van der Waals surface area contributed by atoms with Gasteiger partial charge < -0.3 is 5.32 Å². The Morgan fingerprint density at radius 3 is 2.57 bits per heavy atom. The average molecular weight is 336 g/mol. The number of nitrogens with zero attached hydrogens (tertiary/aromatic N) is 1. The van der Waals surface area contributed by atoms with Crippen molar-refractivity contribution in [2.24, 2.45) is 5.41 Å². The summed E-state index contributed by atoms with van der Waals surface area (Å²) in [4.78, 5) is 0. The predicted molar refractivity (Wildman–Crippen MR) is 81.3 cm³/mol. The van der Waals surface area contributed by atoms with E-state index < -0.39 is 25.1 Å². The molecule has 2 unspecified atom stereocenters. The summed E-state index contributed by atoms with van der Waals surface area (Å²) in [5.74, 6) is -0.186. The highest BCUT2D eigenvalue weighted by Gasteiger charge is 2.45. The number of nitrogens with one attached hydrogen (secondary N) is 1. The van der Waals surface area contributed by atoms with Crippen LogP contribution in [-0.4, -0.2) is 64.1 Å². The molecule has 0 aromatic rings. The maximum atomic E-state index is 12.7. The van der Waals surface area contributed by atoms with Gasteiger partial charge >= 0.3 is 0 Å². The minimum absolute atomic E-state index is 0.0113. The van der Waals surface area contributed by atoms with Gasteiger partial charge in [-0.05, 0) is 44.1 Å². The third-order valence-corrected chi connectivity index (χ3v) is 9.41. The minimum atomic E-state index is -3.48. The van der Waals surface area contributed by atoms with E-state index in [0.29, 0.717) is 13.1 Å². The number of hydrogen-bond donors (Lipinski definition) is 1. The molecule has 21 heavy (non-hydrogen) atoms. The zero-order chi connectivity index (χ0) is 15.1. The fourth-order valence-corrected chi connectivity index (χ4v) is 8.64. The van der Waals surface area contributed by atoms with Crippen molar-refractivity contribution in [1.29, 1.82) is 0 Å². The fourth-order valence-electron chi connectivity index (χ4n) is 3.97. The summed E-state index contributed by atoms with van der Waals surface area (Å²) >= 11 is 0. The minimum Gasteiger partial charge on any atom is -0.316 e. The SMILES string of the molecule is O=S1(=O)CCC(S(=O)(=O)N2CCCC3(CCCNC3)C2)C1. The van der Waals surface area contributed by atoms with Crippen LogP contribution in [0.1, 0.15) is 32.1 Å². The first-order valence-corrected chi connectivity index (χ1v) is 11.1. The zero-order valence-corrected chi connectivity index (χ0v) is 13.9. The maximum Gasteiger partial charge on any atom is 0.218 e. The molecular weight excluding hydrogens is 312 g/mol. The Bertz CT molecular complexity index is 588. The molecule has 0 bridgehead atoms. The molecule has 8 heteroatoms. The standard InChI is InChI=1S/C13H24N2O4S2/c16-20(17)8-3-12(9-20)21(18,19)15-7-2-5-13(11-15)4-1-6-14-10-13/h12,14H,1-11H2. The van der Waals surface area contributed by atoms with Crippen molar-refractivity contribution in [3.63, 3.8) is 0 Å². The third kappa shape index (κ3) is 3.13. The zero-order valence-electron chi connectivity index (χ0n) is 12.3. The van der Waals surface area contributed by atoms with Crippen molar-refractivity contribution in [1.82, 2.24) is 9.62 Å². The molecule has 0 aromatic heterocycles. The highest BCUT2D eigenvalue weighted by Crippen LogP contribution is 2.38. The summed E-state index contributed by atoms with van der Waals surface area (Å²) in [6.07, 6.45) is 4.35. The lowest BCUT2D eigenvalue weighted by atomic mass is 9.75. The molecule has 0 radical (unpaired) electrons. The Morgan fingerprint density at radius 2 is 1.95 bits per heavy atom. The Labute approximate surface area is 127 Å². The number of piperidine rings is 2. The Morgan fingerprint density at radius 1 is 1.19 bits per heavy atom. The summed E-state index contributed by atoms with van der Waals surface area (Å²) in [6, 6.07) is 0. The van der Waals surface area contributed by atoms with Gasteiger partial charge in [0.2, 0.25) is 10.0 Å². The van der Waals surface area contributed by atoms with E-state index in [1.807, 2.05) is 0 Å². The number of hydrogen-bond acceptors (Lipinski definition) is 5. The molecule has 1 spiro atoms. The molecule has 3 saturated heterocycles. The van der Waals surface area contributed by atoms with Crippen LogP contribution in [0.2, 0.25) is 0 Å². The average Bonchev–Trinajstić information content (AvgIpc) is 2.81. The van der Waals surface area contributed by atoms with E-state index >= 15 is 0 Å². The topological polar surface area (TPSA) is 83.5 Å². The summed E-state index contributed by atoms with van der Waals surface area (Å²) in [5, 5.41) is 2.65. The molecule has 0 aromatic carbocycles. The number of sulfone groups is 1. The van der Waals surface area contributed by atoms with E-state index in [-0.39, 0.29) is 23.3 Å². The van der Waals surface area contributed by atoms with Gasteiger partial charge in [-0.2, -0.15) is 0 Å². The van der Waals surface area contributed by atoms with Gasteiger partial charge in [-0.25, -0.2) is 21.1 Å². The molecule has 3 fully saturated rings. The number of sulfonamides is 1. The van der Waals surface area contributed by atoms with E-state index in [9.17, 15) is 16.8 Å². The summed E-state index contributed by atoms with van der Waals surface area (Å²) in [6.45, 7) is 2.98. The molecular formula is C13H24N2O4S2. The second-order valence-corrected chi connectivity index (χ2v) is 11.2. The van der Waals surface area contributed by atoms with Crippen LogP contribution in [-0.2, 0) is 19.9 Å². The van der Waals surface area contributed by atoms with Crippen LogP contribution in [0.25, 0.3) is 0 Å². The van der Waals surface area contributed by atoms with E-state index in [1.54, 1.807) is 4.31 Å². The van der Waals surface area contributed by atoms with Crippen LogP contribution in [0, 0.1) is 5.41 Å². The molecule has 3 rings (SSSR count). The van der Waals surface area contributed by atoms with Gasteiger partial charge in [0, 0.05) is 19.6 Å². The Balaban J connectivity index is 1.76. The van der Waals surface area contributed by atoms with Crippen molar-refractivity contribution < 1.29 is 16.8 Å². The first-order chi connectivity index (χ1) is 9.83. The monoisotopic (exact) mass is 336 g/mol. The first-order valence-electron chi connectivity index (χ1n) is 7.73. The van der Waals surface area contributed by atoms with Gasteiger partial charge in [0.1, 0.15) is 0 Å². The molecule has 3 aliphatic heterocycles. The van der Waals surface area contributed by atoms with Crippen LogP contribution in [0.15, 0.2) is 0 Å². The highest BCUT2D eigenvalue weighted by molar-refractivity contribution is 7.95. The predicted octanol–water partition coefficient (Wildman–Crippen LogP) is -0.0311. The third-order valence-electron chi connectivity index (χ3n) is 5.16. The van der Waals surface area contributed by atoms with Crippen molar-refractivity contribution in [3.05, 3.63) is 0 Å². The molecule has 3 aliphatic rings. The van der Waals surface area contributed by atoms with E-state index in [0.717, 1.165) is 38.8 Å². The van der Waals surface area contributed by atoms with Crippen molar-refractivity contribution in [2.45, 2.75) is 37.4 Å². The van der Waals surface area contributed by atoms with Crippen LogP contribution < -0.4 is 5.32 Å². The smallest absolute Gasteiger partial charge is 0.218 e. The van der Waals surface area contributed by atoms with Gasteiger partial charge in [0.15, 0.2) is 9.84 Å². The van der Waals surface area contributed by atoms with Gasteiger partial charge in [-0.15, -0.1) is 0 Å². The highest BCUT2D eigenvalue weighted by atomic mass is 32.2. The molecule has 1 N–H and O–H groups in total. The van der Waals surface area contributed by atoms with Gasteiger partial charge in [-0.3, -0.25) is 0 Å². The lowest BCUT2D eigenvalue weighted by molar-refractivity contribution is 0.110. The second kappa shape index (κ2) is 5.47. The first kappa shape index (κ1) is 15.7. The molecule has 0 amide bonds. The van der Waals surface area contributed by atoms with Crippen molar-refractivity contribution >= 4 is 19.9 Å². The van der Waals surface area contributed by atoms with E-state index in [4.69, 9.17) is 0 Å². The molecule has 6 nitrogen and oxygen atoms in total. The summed E-state index contributed by atoms with van der Waals surface area (Å²) in [5.41, 5.74) is 0.0566. The largest absolute Gasteiger partial charge is 0.316 e. The van der Waals surface area contributed by atoms with Crippen LogP contribution >= 0.6 is 0 Å². The molecule has 0 saturated carbocycles. The van der Waals surface area contributed by atoms with Gasteiger partial charge in [0.25, 0.3) is 0 Å². The lowest BCUT2D eigenvalue weighted by Gasteiger charge is -2.45. The molecule has 0 aliphatic carbocycles. The fraction of sp³-hybridized carbons (Fsp3) is 1.00. The van der Waals surface area contributed by atoms with E-state index in [1.165, 1.54) is 0 Å². The summed E-state index contributed by atoms with van der Waals surface area (Å²) < 4.78 is 50.2. The van der Waals surface area contributed by atoms with Crippen LogP contribution in [0.3, 0.4) is 0 Å². The number of rotatable bonds is 2. The van der Waals surface area contributed by atoms with Gasteiger partial charge in [-0.1, -0.05) is 0 Å². The van der Waals surface area contributed by atoms with Crippen LogP contribution in [0.4, 0.5) is 0 Å². The van der Waals surface area contributed by atoms with Crippen molar-refractivity contribution in [3.8, 4) is 0 Å². The van der Waals surface area contributed by atoms with Gasteiger partial charge in [0.05, 0.1) is 16.8 Å². The quantitative estimate of drug-likeness (QED) is 0.765. The molecule has 3 heterocycles. The summed E-state index contributed by atoms with van der Waals surface area (Å²) in [7, 11) is -6.65. The maximum absolute atomic E-state index is 12.7. The lowest BCUT2D eigenvalue weighted by Crippen LogP contribution is -2.54. The normalized spacial score (nSPS) is 37.8. The molecule has 122 valence electrons. The van der Waals surface area contributed by atoms with E-state index in [2.05, 4.69) is 5.32 Å². The Kier molecular flexibility index (Phi) is 4.09. The van der Waals surface area contributed by atoms with Crippen LogP contribution in [0.5, 0.6) is 0 Å².